The maximum Gasteiger partial charge on any atom is 0.387 e. The summed E-state index contributed by atoms with van der Waals surface area (Å²) in [5, 5.41) is 9.57. The molecule has 0 aliphatic carbocycles. The molecule has 0 unspecified atom stereocenters. The van der Waals surface area contributed by atoms with Crippen LogP contribution in [0.1, 0.15) is 17.8 Å². The van der Waals surface area contributed by atoms with Gasteiger partial charge in [-0.3, -0.25) is 0 Å². The number of amides is 2. The molecule has 1 atom stereocenters. The summed E-state index contributed by atoms with van der Waals surface area (Å²) in [6, 6.07) is 4.13. The van der Waals surface area contributed by atoms with E-state index >= 15 is 0 Å². The molecule has 9 heteroatoms. The number of nitrogens with one attached hydrogen (secondary N) is 2. The van der Waals surface area contributed by atoms with Crippen molar-refractivity contribution in [3.8, 4) is 5.75 Å². The first-order valence-electron chi connectivity index (χ1n) is 7.51. The number of hydrogen-bond acceptors (Lipinski definition) is 4. The molecule has 2 N–H and O–H groups in total. The van der Waals surface area contributed by atoms with Gasteiger partial charge in [0, 0.05) is 18.2 Å². The van der Waals surface area contributed by atoms with E-state index in [1.165, 1.54) is 12.4 Å². The van der Waals surface area contributed by atoms with Crippen LogP contribution in [0.15, 0.2) is 24.5 Å². The van der Waals surface area contributed by atoms with Gasteiger partial charge in [-0.1, -0.05) is 6.07 Å². The lowest BCUT2D eigenvalue weighted by molar-refractivity contribution is -0.0502. The minimum Gasteiger partial charge on any atom is -0.434 e. The first-order valence-corrected chi connectivity index (χ1v) is 7.51. The number of urea groups is 1. The number of alkyl halides is 2. The van der Waals surface area contributed by atoms with Gasteiger partial charge in [0.2, 0.25) is 0 Å². The molecule has 24 heavy (non-hydrogen) atoms. The second-order valence-corrected chi connectivity index (χ2v) is 5.55. The number of aryl methyl sites for hydroxylation is 2. The molecule has 0 radical (unpaired) electrons. The number of aromatic nitrogens is 3. The van der Waals surface area contributed by atoms with Crippen molar-refractivity contribution in [3.05, 3.63) is 35.9 Å². The number of ether oxygens (including phenoxy) is 1. The average Bonchev–Trinajstić information content (AvgIpc) is 2.97. The fourth-order valence-corrected chi connectivity index (χ4v) is 2.61. The molecular weight excluding hydrogens is 320 g/mol. The largest absolute Gasteiger partial charge is 0.434 e. The Hall–Kier alpha value is -2.71. The van der Waals surface area contributed by atoms with E-state index in [1.807, 2.05) is 0 Å². The van der Waals surface area contributed by atoms with Crippen LogP contribution in [0.4, 0.5) is 19.3 Å². The summed E-state index contributed by atoms with van der Waals surface area (Å²) in [6.07, 6.45) is 3.00. The second-order valence-electron chi connectivity index (χ2n) is 5.55. The molecule has 0 fully saturated rings. The number of halogens is 2. The highest BCUT2D eigenvalue weighted by molar-refractivity contribution is 5.89. The van der Waals surface area contributed by atoms with Crippen LogP contribution in [-0.4, -0.2) is 33.4 Å². The van der Waals surface area contributed by atoms with Crippen LogP contribution in [0.25, 0.3) is 0 Å². The van der Waals surface area contributed by atoms with E-state index in [9.17, 15) is 13.6 Å². The summed E-state index contributed by atoms with van der Waals surface area (Å²) in [4.78, 5) is 16.2. The Morgan fingerprint density at radius 2 is 2.29 bits per heavy atom. The summed E-state index contributed by atoms with van der Waals surface area (Å²) in [5.41, 5.74) is 0.943. The van der Waals surface area contributed by atoms with Gasteiger partial charge in [-0.05, 0) is 25.0 Å². The molecule has 7 nitrogen and oxygen atoms in total. The van der Waals surface area contributed by atoms with Gasteiger partial charge in [0.1, 0.15) is 17.9 Å². The first kappa shape index (κ1) is 16.2. The smallest absolute Gasteiger partial charge is 0.387 e. The van der Waals surface area contributed by atoms with Crippen molar-refractivity contribution in [2.24, 2.45) is 0 Å². The van der Waals surface area contributed by atoms with Crippen molar-refractivity contribution in [1.29, 1.82) is 0 Å². The van der Waals surface area contributed by atoms with Gasteiger partial charge in [-0.15, -0.1) is 0 Å². The van der Waals surface area contributed by atoms with E-state index in [0.29, 0.717) is 17.8 Å². The number of nitrogens with zero attached hydrogens (tertiary/aromatic N) is 3. The number of hydrogen-bond donors (Lipinski definition) is 2. The van der Waals surface area contributed by atoms with Crippen LogP contribution in [0.3, 0.4) is 0 Å². The summed E-state index contributed by atoms with van der Waals surface area (Å²) >= 11 is 0. The number of anilines is 1. The van der Waals surface area contributed by atoms with Gasteiger partial charge in [0.05, 0.1) is 12.6 Å². The Kier molecular flexibility index (Phi) is 4.59. The molecule has 1 aliphatic rings. The van der Waals surface area contributed by atoms with Gasteiger partial charge in [-0.25, -0.2) is 14.5 Å². The molecular formula is C15H17F2N5O2. The quantitative estimate of drug-likeness (QED) is 0.897. The number of carbonyl (C=O) groups is 1. The lowest BCUT2D eigenvalue weighted by atomic mass is 10.1. The molecule has 1 aliphatic heterocycles. The predicted molar refractivity (Wildman–Crippen MR) is 82.1 cm³/mol. The summed E-state index contributed by atoms with van der Waals surface area (Å²) < 4.78 is 30.9. The fourth-order valence-electron chi connectivity index (χ4n) is 2.61. The maximum atomic E-state index is 12.4. The Morgan fingerprint density at radius 3 is 3.08 bits per heavy atom. The molecule has 2 amide bonds. The fraction of sp³-hybridized carbons (Fsp3) is 0.400. The monoisotopic (exact) mass is 337 g/mol. The van der Waals surface area contributed by atoms with Crippen LogP contribution in [0.5, 0.6) is 5.75 Å². The van der Waals surface area contributed by atoms with E-state index in [2.05, 4.69) is 25.5 Å². The molecule has 128 valence electrons. The molecule has 0 saturated heterocycles. The third-order valence-electron chi connectivity index (χ3n) is 3.80. The van der Waals surface area contributed by atoms with Crippen molar-refractivity contribution >= 4 is 11.7 Å². The second kappa shape index (κ2) is 6.81. The summed E-state index contributed by atoms with van der Waals surface area (Å²) in [7, 11) is 0. The number of rotatable bonds is 4. The van der Waals surface area contributed by atoms with Crippen molar-refractivity contribution in [3.63, 3.8) is 0 Å². The van der Waals surface area contributed by atoms with Crippen molar-refractivity contribution in [1.82, 2.24) is 20.1 Å². The minimum atomic E-state index is -2.91. The van der Waals surface area contributed by atoms with Crippen LogP contribution in [0, 0.1) is 6.92 Å². The van der Waals surface area contributed by atoms with E-state index in [1.54, 1.807) is 23.7 Å². The van der Waals surface area contributed by atoms with E-state index < -0.39 is 12.6 Å². The Morgan fingerprint density at radius 1 is 1.46 bits per heavy atom. The molecule has 1 aromatic heterocycles. The molecule has 2 heterocycles. The van der Waals surface area contributed by atoms with Crippen LogP contribution in [0.2, 0.25) is 0 Å². The lowest BCUT2D eigenvalue weighted by Gasteiger charge is -2.23. The van der Waals surface area contributed by atoms with Crippen molar-refractivity contribution < 1.29 is 18.3 Å². The van der Waals surface area contributed by atoms with Gasteiger partial charge in [-0.2, -0.15) is 13.9 Å². The Balaban J connectivity index is 1.59. The molecule has 0 spiro atoms. The average molecular weight is 337 g/mol. The molecule has 0 saturated carbocycles. The topological polar surface area (TPSA) is 81.1 Å². The zero-order valence-electron chi connectivity index (χ0n) is 13.0. The highest BCUT2D eigenvalue weighted by atomic mass is 19.3. The third-order valence-corrected chi connectivity index (χ3v) is 3.80. The molecule has 2 aromatic rings. The van der Waals surface area contributed by atoms with E-state index in [4.69, 9.17) is 0 Å². The zero-order valence-corrected chi connectivity index (χ0v) is 13.0. The highest BCUT2D eigenvalue weighted by Crippen LogP contribution is 2.24. The van der Waals surface area contributed by atoms with Gasteiger partial charge in [0.25, 0.3) is 0 Å². The van der Waals surface area contributed by atoms with Gasteiger partial charge in [0.15, 0.2) is 0 Å². The Labute approximate surface area is 137 Å². The SMILES string of the molecule is Cc1ccc(NC(=O)N[C@H]2CCc3ncnn3C2)cc1OC(F)F. The van der Waals surface area contributed by atoms with Gasteiger partial charge < -0.3 is 15.4 Å². The van der Waals surface area contributed by atoms with E-state index in [0.717, 1.165) is 18.7 Å². The molecule has 3 rings (SSSR count). The van der Waals surface area contributed by atoms with Crippen molar-refractivity contribution in [2.75, 3.05) is 5.32 Å². The zero-order chi connectivity index (χ0) is 17.1. The normalized spacial score (nSPS) is 16.6. The molecule has 0 bridgehead atoms. The summed E-state index contributed by atoms with van der Waals surface area (Å²) in [6.45, 7) is -0.706. The van der Waals surface area contributed by atoms with Crippen LogP contribution in [-0.2, 0) is 13.0 Å². The third kappa shape index (κ3) is 3.79. The Bertz CT molecular complexity index is 734. The maximum absolute atomic E-state index is 12.4. The minimum absolute atomic E-state index is 0.0349. The van der Waals surface area contributed by atoms with Crippen LogP contribution >= 0.6 is 0 Å². The predicted octanol–water partition coefficient (Wildman–Crippen LogP) is 2.32. The molecule has 1 aromatic carbocycles. The lowest BCUT2D eigenvalue weighted by Crippen LogP contribution is -2.43. The first-order chi connectivity index (χ1) is 11.5. The highest BCUT2D eigenvalue weighted by Gasteiger charge is 2.21. The van der Waals surface area contributed by atoms with Gasteiger partial charge >= 0.3 is 12.6 Å². The number of benzene rings is 1. The number of fused-ring (bicyclic) bond motifs is 1. The number of carbonyl (C=O) groups excluding carboxylic acids is 1. The standard InChI is InChI=1S/C15H17F2N5O2/c1-9-2-3-10(6-12(9)24-14(16)17)20-15(23)21-11-4-5-13-18-8-19-22(13)7-11/h2-3,6,8,11,14H,4-5,7H2,1H3,(H2,20,21,23)/t11-/m0/s1. The van der Waals surface area contributed by atoms with Crippen molar-refractivity contribution in [2.45, 2.75) is 39.0 Å². The van der Waals surface area contributed by atoms with Crippen LogP contribution < -0.4 is 15.4 Å². The van der Waals surface area contributed by atoms with E-state index in [-0.39, 0.29) is 11.8 Å². The summed E-state index contributed by atoms with van der Waals surface area (Å²) in [5.74, 6) is 0.938.